The molecular weight excluding hydrogens is 138 g/mol. The van der Waals surface area contributed by atoms with Crippen LogP contribution in [-0.2, 0) is 9.59 Å². The molecule has 1 heterocycles. The van der Waals surface area contributed by atoms with Crippen LogP contribution in [0.1, 0.15) is 0 Å². The van der Waals surface area contributed by atoms with E-state index >= 15 is 0 Å². The third kappa shape index (κ3) is 1.45. The molecule has 0 atom stereocenters. The molecule has 3 nitrogen and oxygen atoms in total. The van der Waals surface area contributed by atoms with Crippen molar-refractivity contribution in [3.05, 3.63) is 0 Å². The second-order valence-corrected chi connectivity index (χ2v) is 2.79. The molecule has 1 rings (SSSR count). The lowest BCUT2D eigenvalue weighted by molar-refractivity contribution is -0.124. The minimum atomic E-state index is -0.124. The molecule has 0 aromatic rings. The maximum atomic E-state index is 10.7. The predicted octanol–water partition coefficient (Wildman–Crippen LogP) is -0.371. The number of rotatable bonds is 1. The van der Waals surface area contributed by atoms with E-state index in [1.165, 1.54) is 0 Å². The van der Waals surface area contributed by atoms with Gasteiger partial charge in [0.25, 0.3) is 0 Å². The van der Waals surface area contributed by atoms with Gasteiger partial charge in [0.05, 0.1) is 5.75 Å². The van der Waals surface area contributed by atoms with E-state index < -0.39 is 0 Å². The van der Waals surface area contributed by atoms with Crippen LogP contribution in [0, 0.1) is 0 Å². The summed E-state index contributed by atoms with van der Waals surface area (Å²) in [5.41, 5.74) is 0. The molecule has 9 heavy (non-hydrogen) atoms. The Kier molecular flexibility index (Phi) is 2.10. The highest BCUT2D eigenvalue weighted by molar-refractivity contribution is 8.00. The van der Waals surface area contributed by atoms with Gasteiger partial charge in [0.2, 0.25) is 5.91 Å². The Morgan fingerprint density at radius 2 is 2.44 bits per heavy atom. The van der Waals surface area contributed by atoms with Crippen molar-refractivity contribution in [2.24, 2.45) is 0 Å². The quantitative estimate of drug-likeness (QED) is 0.504. The van der Waals surface area contributed by atoms with Gasteiger partial charge in [-0.25, -0.2) is 0 Å². The van der Waals surface area contributed by atoms with E-state index in [-0.39, 0.29) is 5.91 Å². The van der Waals surface area contributed by atoms with Crippen LogP contribution < -0.4 is 0 Å². The highest BCUT2D eigenvalue weighted by Gasteiger charge is 2.17. The number of carbonyl (C=O) groups is 1. The Morgan fingerprint density at radius 1 is 1.67 bits per heavy atom. The molecule has 1 fully saturated rings. The van der Waals surface area contributed by atoms with E-state index in [9.17, 15) is 9.59 Å². The number of imide groups is 1. The van der Waals surface area contributed by atoms with Gasteiger partial charge < -0.3 is 0 Å². The topological polar surface area (TPSA) is 37.4 Å². The molecule has 4 heteroatoms. The number of hydrogen-bond acceptors (Lipinski definition) is 3. The number of amides is 2. The van der Waals surface area contributed by atoms with Crippen molar-refractivity contribution < 1.29 is 9.59 Å². The van der Waals surface area contributed by atoms with Gasteiger partial charge in [0.15, 0.2) is 0 Å². The van der Waals surface area contributed by atoms with Crippen molar-refractivity contribution in [1.82, 2.24) is 4.90 Å². The zero-order valence-electron chi connectivity index (χ0n) is 4.79. The van der Waals surface area contributed by atoms with Gasteiger partial charge in [-0.3, -0.25) is 14.5 Å². The largest absolute Gasteiger partial charge is 0.319 e. The summed E-state index contributed by atoms with van der Waals surface area (Å²) in [5, 5.41) is 0. The number of nitrogens with zero attached hydrogens (tertiary/aromatic N) is 1. The molecule has 0 bridgehead atoms. The van der Waals surface area contributed by atoms with Crippen LogP contribution in [0.25, 0.3) is 0 Å². The Morgan fingerprint density at radius 3 is 2.89 bits per heavy atom. The van der Waals surface area contributed by atoms with Gasteiger partial charge in [-0.2, -0.15) is 11.8 Å². The highest BCUT2D eigenvalue weighted by atomic mass is 32.2. The summed E-state index contributed by atoms with van der Waals surface area (Å²) in [5.74, 6) is 1.15. The fourth-order valence-corrected chi connectivity index (χ4v) is 1.40. The second-order valence-electron chi connectivity index (χ2n) is 1.69. The third-order valence-electron chi connectivity index (χ3n) is 1.10. The van der Waals surface area contributed by atoms with E-state index in [1.54, 1.807) is 18.2 Å². The number of carbonyl (C=O) groups excluding carboxylic acids is 2. The van der Waals surface area contributed by atoms with E-state index in [0.717, 1.165) is 10.7 Å². The summed E-state index contributed by atoms with van der Waals surface area (Å²) >= 11 is 1.55. The molecule has 0 aromatic heterocycles. The van der Waals surface area contributed by atoms with E-state index in [1.807, 2.05) is 0 Å². The standard InChI is InChI=1S/C5H6NO2S/c7-4-6-1-2-9-3-5(6)8/h1-3H2. The molecule has 1 aliphatic heterocycles. The Balaban J connectivity index is 2.48. The minimum Gasteiger partial charge on any atom is -0.273 e. The second kappa shape index (κ2) is 2.87. The third-order valence-corrected chi connectivity index (χ3v) is 2.02. The number of hydrogen-bond donors (Lipinski definition) is 0. The Labute approximate surface area is 57.4 Å². The maximum absolute atomic E-state index is 10.7. The molecule has 2 amide bonds. The van der Waals surface area contributed by atoms with Crippen LogP contribution in [0.5, 0.6) is 0 Å². The fraction of sp³-hybridized carbons (Fsp3) is 0.600. The molecule has 0 spiro atoms. The van der Waals surface area contributed by atoms with Crippen LogP contribution in [0.15, 0.2) is 0 Å². The van der Waals surface area contributed by atoms with Crippen molar-refractivity contribution in [3.63, 3.8) is 0 Å². The zero-order valence-corrected chi connectivity index (χ0v) is 5.61. The lowest BCUT2D eigenvalue weighted by Crippen LogP contribution is -2.36. The average Bonchev–Trinajstić information content (AvgIpc) is 1.89. The normalized spacial score (nSPS) is 20.0. The fourth-order valence-electron chi connectivity index (χ4n) is 0.614. The molecule has 0 aromatic carbocycles. The van der Waals surface area contributed by atoms with Crippen LogP contribution in [0.2, 0.25) is 0 Å². The van der Waals surface area contributed by atoms with Crippen molar-refractivity contribution in [1.29, 1.82) is 0 Å². The summed E-state index contributed by atoms with van der Waals surface area (Å²) in [7, 11) is 0. The molecule has 0 aliphatic carbocycles. The Bertz CT molecular complexity index is 137. The summed E-state index contributed by atoms with van der Waals surface area (Å²) in [6.07, 6.45) is 1.57. The highest BCUT2D eigenvalue weighted by Crippen LogP contribution is 2.07. The smallest absolute Gasteiger partial charge is 0.273 e. The van der Waals surface area contributed by atoms with E-state index in [2.05, 4.69) is 0 Å². The van der Waals surface area contributed by atoms with Crippen molar-refractivity contribution >= 4 is 24.1 Å². The average molecular weight is 144 g/mol. The first-order chi connectivity index (χ1) is 4.34. The molecule has 49 valence electrons. The summed E-state index contributed by atoms with van der Waals surface area (Å²) < 4.78 is 0. The lowest BCUT2D eigenvalue weighted by Gasteiger charge is -2.18. The lowest BCUT2D eigenvalue weighted by atomic mass is 10.5. The van der Waals surface area contributed by atoms with Crippen LogP contribution >= 0.6 is 11.8 Å². The molecule has 0 saturated carbocycles. The molecule has 1 radical (unpaired) electrons. The molecule has 1 saturated heterocycles. The first kappa shape index (κ1) is 6.61. The Hall–Kier alpha value is -0.510. The molecular formula is C5H6NO2S. The van der Waals surface area contributed by atoms with Gasteiger partial charge in [0.1, 0.15) is 0 Å². The van der Waals surface area contributed by atoms with Crippen molar-refractivity contribution in [3.8, 4) is 0 Å². The first-order valence-electron chi connectivity index (χ1n) is 2.60. The van der Waals surface area contributed by atoms with Crippen LogP contribution in [-0.4, -0.2) is 35.3 Å². The predicted molar refractivity (Wildman–Crippen MR) is 34.7 cm³/mol. The van der Waals surface area contributed by atoms with E-state index in [0.29, 0.717) is 12.3 Å². The first-order valence-corrected chi connectivity index (χ1v) is 3.76. The van der Waals surface area contributed by atoms with Crippen LogP contribution in [0.3, 0.4) is 0 Å². The van der Waals surface area contributed by atoms with Crippen molar-refractivity contribution in [2.75, 3.05) is 18.1 Å². The number of thioether (sulfide) groups is 1. The maximum Gasteiger partial charge on any atom is 0.319 e. The van der Waals surface area contributed by atoms with Gasteiger partial charge in [-0.15, -0.1) is 0 Å². The molecule has 0 N–H and O–H groups in total. The van der Waals surface area contributed by atoms with Crippen molar-refractivity contribution in [2.45, 2.75) is 0 Å². The SMILES string of the molecule is O=[C]N1CCSCC1=O. The summed E-state index contributed by atoms with van der Waals surface area (Å²) in [4.78, 5) is 21.7. The summed E-state index contributed by atoms with van der Waals surface area (Å²) in [6.45, 7) is 0.521. The van der Waals surface area contributed by atoms with E-state index in [4.69, 9.17) is 0 Å². The minimum absolute atomic E-state index is 0.124. The van der Waals surface area contributed by atoms with Gasteiger partial charge >= 0.3 is 6.41 Å². The monoisotopic (exact) mass is 144 g/mol. The van der Waals surface area contributed by atoms with Gasteiger partial charge in [-0.05, 0) is 0 Å². The molecule has 0 unspecified atom stereocenters. The van der Waals surface area contributed by atoms with Gasteiger partial charge in [-0.1, -0.05) is 0 Å². The zero-order chi connectivity index (χ0) is 6.69. The summed E-state index contributed by atoms with van der Waals surface area (Å²) in [6, 6.07) is 0. The van der Waals surface area contributed by atoms with Crippen LogP contribution in [0.4, 0.5) is 0 Å². The van der Waals surface area contributed by atoms with Gasteiger partial charge in [0, 0.05) is 12.3 Å². The molecule has 1 aliphatic rings.